The van der Waals surface area contributed by atoms with Gasteiger partial charge >= 0.3 is 0 Å². The normalized spacial score (nSPS) is 15.0. The molecule has 0 saturated heterocycles. The molecule has 0 aliphatic heterocycles. The Morgan fingerprint density at radius 3 is 3.00 bits per heavy atom. The zero-order chi connectivity index (χ0) is 10.8. The molecular formula is C9H14N4OS. The van der Waals surface area contributed by atoms with Gasteiger partial charge < -0.3 is 16.4 Å². The summed E-state index contributed by atoms with van der Waals surface area (Å²) in [6.07, 6.45) is 2.14. The number of nitrogens with one attached hydrogen (secondary N) is 2. The van der Waals surface area contributed by atoms with Crippen LogP contribution in [0.2, 0.25) is 0 Å². The van der Waals surface area contributed by atoms with E-state index in [1.165, 1.54) is 11.5 Å². The number of hydrogen-bond acceptors (Lipinski definition) is 5. The predicted molar refractivity (Wildman–Crippen MR) is 61.2 cm³/mol. The van der Waals surface area contributed by atoms with Crippen LogP contribution in [0.4, 0.5) is 10.8 Å². The highest BCUT2D eigenvalue weighted by molar-refractivity contribution is 7.11. The minimum Gasteiger partial charge on any atom is -0.382 e. The van der Waals surface area contributed by atoms with Crippen LogP contribution in [0.3, 0.4) is 0 Å². The van der Waals surface area contributed by atoms with Crippen molar-refractivity contribution >= 4 is 28.3 Å². The van der Waals surface area contributed by atoms with E-state index in [0.717, 1.165) is 24.4 Å². The number of anilines is 2. The maximum absolute atomic E-state index is 11.8. The van der Waals surface area contributed by atoms with E-state index in [4.69, 9.17) is 5.73 Å². The first-order chi connectivity index (χ1) is 7.22. The van der Waals surface area contributed by atoms with Gasteiger partial charge in [-0.1, -0.05) is 0 Å². The molecule has 15 heavy (non-hydrogen) atoms. The van der Waals surface area contributed by atoms with Crippen LogP contribution in [0, 0.1) is 0 Å². The third kappa shape index (κ3) is 2.20. The molecule has 2 rings (SSSR count). The van der Waals surface area contributed by atoms with Crippen LogP contribution in [-0.4, -0.2) is 22.9 Å². The first-order valence-electron chi connectivity index (χ1n) is 5.02. The summed E-state index contributed by atoms with van der Waals surface area (Å²) < 4.78 is 3.98. The molecule has 0 aromatic carbocycles. The first-order valence-corrected chi connectivity index (χ1v) is 5.79. The summed E-state index contributed by atoms with van der Waals surface area (Å²) in [6.45, 7) is 2.73. The number of rotatable bonds is 4. The van der Waals surface area contributed by atoms with E-state index >= 15 is 0 Å². The average Bonchev–Trinajstić information content (AvgIpc) is 2.91. The van der Waals surface area contributed by atoms with Crippen LogP contribution in [0.1, 0.15) is 30.1 Å². The van der Waals surface area contributed by atoms with E-state index in [1.54, 1.807) is 0 Å². The molecule has 1 amide bonds. The molecule has 0 unspecified atom stereocenters. The van der Waals surface area contributed by atoms with E-state index in [1.807, 2.05) is 6.92 Å². The van der Waals surface area contributed by atoms with Crippen molar-refractivity contribution in [1.82, 2.24) is 9.69 Å². The molecule has 6 heteroatoms. The number of nitrogens with two attached hydrogens (primary N) is 1. The zero-order valence-corrected chi connectivity index (χ0v) is 9.36. The van der Waals surface area contributed by atoms with Crippen molar-refractivity contribution in [3.05, 3.63) is 5.56 Å². The van der Waals surface area contributed by atoms with Gasteiger partial charge in [-0.2, -0.15) is 4.37 Å². The summed E-state index contributed by atoms with van der Waals surface area (Å²) >= 11 is 1.23. The Balaban J connectivity index is 2.15. The summed E-state index contributed by atoms with van der Waals surface area (Å²) in [4.78, 5) is 11.8. The fraction of sp³-hybridized carbons (Fsp3) is 0.556. The van der Waals surface area contributed by atoms with Crippen LogP contribution in [0.5, 0.6) is 0 Å². The van der Waals surface area contributed by atoms with Gasteiger partial charge in [0.25, 0.3) is 5.91 Å². The minimum atomic E-state index is -0.111. The van der Waals surface area contributed by atoms with Gasteiger partial charge in [-0.15, -0.1) is 0 Å². The van der Waals surface area contributed by atoms with Crippen molar-refractivity contribution in [3.8, 4) is 0 Å². The Labute approximate surface area is 92.2 Å². The van der Waals surface area contributed by atoms with Crippen LogP contribution >= 0.6 is 11.5 Å². The SMILES string of the molecule is CCNc1snc(N)c1C(=O)NC1CC1. The summed E-state index contributed by atoms with van der Waals surface area (Å²) in [6, 6.07) is 0.339. The van der Waals surface area contributed by atoms with Crippen molar-refractivity contribution in [3.63, 3.8) is 0 Å². The molecule has 1 aromatic rings. The number of hydrogen-bond donors (Lipinski definition) is 3. The molecule has 1 saturated carbocycles. The molecule has 1 heterocycles. The second kappa shape index (κ2) is 4.06. The zero-order valence-electron chi connectivity index (χ0n) is 8.54. The van der Waals surface area contributed by atoms with Crippen LogP contribution < -0.4 is 16.4 Å². The quantitative estimate of drug-likeness (QED) is 0.717. The van der Waals surface area contributed by atoms with Gasteiger partial charge in [0, 0.05) is 12.6 Å². The highest BCUT2D eigenvalue weighted by Crippen LogP contribution is 2.28. The second-order valence-electron chi connectivity index (χ2n) is 3.55. The van der Waals surface area contributed by atoms with Gasteiger partial charge in [0.2, 0.25) is 0 Å². The van der Waals surface area contributed by atoms with E-state index in [2.05, 4.69) is 15.0 Å². The third-order valence-corrected chi connectivity index (χ3v) is 3.01. The Hall–Kier alpha value is -1.30. The second-order valence-corrected chi connectivity index (χ2v) is 4.32. The van der Waals surface area contributed by atoms with Gasteiger partial charge in [-0.3, -0.25) is 4.79 Å². The molecular weight excluding hydrogens is 212 g/mol. The standard InChI is InChI=1S/C9H14N4OS/c1-2-11-9-6(7(10)13-15-9)8(14)12-5-3-4-5/h5,11H,2-4H2,1H3,(H2,10,13)(H,12,14). The fourth-order valence-corrected chi connectivity index (χ4v) is 2.07. The van der Waals surface area contributed by atoms with Crippen LogP contribution in [0.25, 0.3) is 0 Å². The number of aromatic nitrogens is 1. The predicted octanol–water partition coefficient (Wildman–Crippen LogP) is 1.05. The Bertz CT molecular complexity index is 372. The van der Waals surface area contributed by atoms with Gasteiger partial charge in [0.1, 0.15) is 10.6 Å². The monoisotopic (exact) mass is 226 g/mol. The van der Waals surface area contributed by atoms with E-state index in [-0.39, 0.29) is 5.91 Å². The van der Waals surface area contributed by atoms with E-state index in [9.17, 15) is 4.79 Å². The molecule has 82 valence electrons. The molecule has 1 aromatic heterocycles. The molecule has 0 spiro atoms. The highest BCUT2D eigenvalue weighted by Gasteiger charge is 2.27. The number of amides is 1. The number of nitrogens with zero attached hydrogens (tertiary/aromatic N) is 1. The Kier molecular flexibility index (Phi) is 2.77. The van der Waals surface area contributed by atoms with Crippen molar-refractivity contribution in [2.45, 2.75) is 25.8 Å². The summed E-state index contributed by atoms with van der Waals surface area (Å²) in [5, 5.41) is 6.75. The summed E-state index contributed by atoms with van der Waals surface area (Å²) in [5.41, 5.74) is 6.16. The Morgan fingerprint density at radius 1 is 1.67 bits per heavy atom. The summed E-state index contributed by atoms with van der Waals surface area (Å²) in [7, 11) is 0. The smallest absolute Gasteiger partial charge is 0.258 e. The molecule has 1 aliphatic rings. The van der Waals surface area contributed by atoms with Gasteiger partial charge in [0.15, 0.2) is 5.82 Å². The minimum absolute atomic E-state index is 0.111. The van der Waals surface area contributed by atoms with Crippen LogP contribution in [0.15, 0.2) is 0 Å². The van der Waals surface area contributed by atoms with Crippen molar-refractivity contribution in [1.29, 1.82) is 0 Å². The van der Waals surface area contributed by atoms with Crippen molar-refractivity contribution in [2.75, 3.05) is 17.6 Å². The maximum atomic E-state index is 11.8. The molecule has 4 N–H and O–H groups in total. The lowest BCUT2D eigenvalue weighted by atomic mass is 10.3. The Morgan fingerprint density at radius 2 is 2.40 bits per heavy atom. The lowest BCUT2D eigenvalue weighted by molar-refractivity contribution is 0.0953. The van der Waals surface area contributed by atoms with Crippen molar-refractivity contribution < 1.29 is 4.79 Å². The maximum Gasteiger partial charge on any atom is 0.258 e. The van der Waals surface area contributed by atoms with Gasteiger partial charge in [-0.25, -0.2) is 0 Å². The average molecular weight is 226 g/mol. The fourth-order valence-electron chi connectivity index (χ4n) is 1.29. The van der Waals surface area contributed by atoms with Gasteiger partial charge in [-0.05, 0) is 31.3 Å². The largest absolute Gasteiger partial charge is 0.382 e. The van der Waals surface area contributed by atoms with Crippen LogP contribution in [-0.2, 0) is 0 Å². The third-order valence-electron chi connectivity index (χ3n) is 2.20. The molecule has 0 bridgehead atoms. The van der Waals surface area contributed by atoms with Gasteiger partial charge in [0.05, 0.1) is 0 Å². The first kappa shape index (κ1) is 10.2. The molecule has 5 nitrogen and oxygen atoms in total. The number of carbonyl (C=O) groups is 1. The summed E-state index contributed by atoms with van der Waals surface area (Å²) in [5.74, 6) is 0.203. The lowest BCUT2D eigenvalue weighted by Crippen LogP contribution is -2.26. The lowest BCUT2D eigenvalue weighted by Gasteiger charge is -2.05. The van der Waals surface area contributed by atoms with E-state index in [0.29, 0.717) is 17.4 Å². The number of nitrogen functional groups attached to an aromatic ring is 1. The van der Waals surface area contributed by atoms with E-state index < -0.39 is 0 Å². The molecule has 0 atom stereocenters. The topological polar surface area (TPSA) is 80.0 Å². The molecule has 1 aliphatic carbocycles. The molecule has 1 fully saturated rings. The number of carbonyl (C=O) groups excluding carboxylic acids is 1. The van der Waals surface area contributed by atoms with Crippen molar-refractivity contribution in [2.24, 2.45) is 0 Å². The highest BCUT2D eigenvalue weighted by atomic mass is 32.1. The molecule has 0 radical (unpaired) electrons.